The van der Waals surface area contributed by atoms with Crippen LogP contribution >= 0.6 is 11.3 Å². The molecule has 0 radical (unpaired) electrons. The van der Waals surface area contributed by atoms with Crippen LogP contribution in [0.1, 0.15) is 22.9 Å². The van der Waals surface area contributed by atoms with E-state index >= 15 is 0 Å². The van der Waals surface area contributed by atoms with E-state index in [0.717, 1.165) is 22.4 Å². The van der Waals surface area contributed by atoms with Crippen LogP contribution in [0.15, 0.2) is 52.4 Å². The second-order valence-electron chi connectivity index (χ2n) is 6.30. The summed E-state index contributed by atoms with van der Waals surface area (Å²) in [6.45, 7) is 4.43. The maximum atomic E-state index is 10.7. The SMILES string of the molecule is CCn1c(O)c(/C=C2\C=Nc3ccccc32)sc1=Nc1ccc(C)cc1O. The number of aliphatic imine (C=N–C) groups is 1. The van der Waals surface area contributed by atoms with Gasteiger partial charge >= 0.3 is 0 Å². The highest BCUT2D eigenvalue weighted by Crippen LogP contribution is 2.34. The largest absolute Gasteiger partial charge is 0.506 e. The maximum Gasteiger partial charge on any atom is 0.211 e. The standard InChI is InChI=1S/C21H19N3O2S/c1-3-24-20(26)19(11-14-12-22-16-7-5-4-6-15(14)16)27-21(24)23-17-9-8-13(2)10-18(17)25/h4-12,25-26H,3H2,1-2H3/b14-11+,23-21?. The van der Waals surface area contributed by atoms with Gasteiger partial charge in [0.05, 0.1) is 10.6 Å². The number of nitrogens with zero attached hydrogens (tertiary/aromatic N) is 3. The average molecular weight is 377 g/mol. The van der Waals surface area contributed by atoms with Gasteiger partial charge in [-0.3, -0.25) is 9.56 Å². The Balaban J connectivity index is 1.82. The summed E-state index contributed by atoms with van der Waals surface area (Å²) in [5.74, 6) is 0.292. The van der Waals surface area contributed by atoms with Gasteiger partial charge in [-0.15, -0.1) is 0 Å². The molecule has 2 aromatic carbocycles. The smallest absolute Gasteiger partial charge is 0.211 e. The van der Waals surface area contributed by atoms with Gasteiger partial charge in [-0.2, -0.15) is 0 Å². The lowest BCUT2D eigenvalue weighted by Crippen LogP contribution is -2.12. The van der Waals surface area contributed by atoms with Crippen molar-refractivity contribution < 1.29 is 10.2 Å². The summed E-state index contributed by atoms with van der Waals surface area (Å²) >= 11 is 1.38. The topological polar surface area (TPSA) is 70.1 Å². The summed E-state index contributed by atoms with van der Waals surface area (Å²) in [7, 11) is 0. The molecular weight excluding hydrogens is 358 g/mol. The average Bonchev–Trinajstić information content (AvgIpc) is 3.19. The fourth-order valence-electron chi connectivity index (χ4n) is 3.01. The van der Waals surface area contributed by atoms with Gasteiger partial charge in [0.15, 0.2) is 4.80 Å². The van der Waals surface area contributed by atoms with Crippen molar-refractivity contribution in [3.05, 3.63) is 63.3 Å². The Bertz CT molecular complexity index is 1150. The Labute approximate surface area is 160 Å². The zero-order valence-electron chi connectivity index (χ0n) is 15.0. The molecule has 6 heteroatoms. The number of rotatable bonds is 3. The van der Waals surface area contributed by atoms with Gasteiger partial charge in [0, 0.05) is 23.9 Å². The van der Waals surface area contributed by atoms with E-state index in [1.165, 1.54) is 11.3 Å². The third kappa shape index (κ3) is 3.19. The molecule has 27 heavy (non-hydrogen) atoms. The molecule has 0 saturated carbocycles. The molecule has 1 aromatic heterocycles. The molecule has 0 fully saturated rings. The van der Waals surface area contributed by atoms with Crippen molar-refractivity contribution in [2.75, 3.05) is 0 Å². The first-order valence-corrected chi connectivity index (χ1v) is 9.50. The Kier molecular flexibility index (Phi) is 4.41. The molecule has 136 valence electrons. The van der Waals surface area contributed by atoms with E-state index in [9.17, 15) is 10.2 Å². The van der Waals surface area contributed by atoms with Gasteiger partial charge in [0.25, 0.3) is 0 Å². The first-order chi connectivity index (χ1) is 13.1. The lowest BCUT2D eigenvalue weighted by molar-refractivity contribution is 0.416. The van der Waals surface area contributed by atoms with E-state index in [1.807, 2.05) is 56.5 Å². The van der Waals surface area contributed by atoms with Crippen LogP contribution in [0.3, 0.4) is 0 Å². The Hall–Kier alpha value is -3.12. The number of allylic oxidation sites excluding steroid dienone is 1. The molecule has 1 aliphatic rings. The van der Waals surface area contributed by atoms with Crippen LogP contribution in [0.4, 0.5) is 11.4 Å². The van der Waals surface area contributed by atoms with Gasteiger partial charge in [0.1, 0.15) is 11.4 Å². The number of hydrogen-bond donors (Lipinski definition) is 2. The number of phenolic OH excluding ortho intramolecular Hbond substituents is 1. The van der Waals surface area contributed by atoms with Crippen molar-refractivity contribution in [2.45, 2.75) is 20.4 Å². The number of benzene rings is 2. The number of phenols is 1. The lowest BCUT2D eigenvalue weighted by atomic mass is 10.1. The second-order valence-corrected chi connectivity index (χ2v) is 7.30. The first kappa shape index (κ1) is 17.3. The molecular formula is C21H19N3O2S. The minimum absolute atomic E-state index is 0.127. The van der Waals surface area contributed by atoms with Crippen LogP contribution in [0.5, 0.6) is 11.6 Å². The summed E-state index contributed by atoms with van der Waals surface area (Å²) in [5.41, 5.74) is 4.38. The molecule has 0 spiro atoms. The predicted octanol–water partition coefficient (Wildman–Crippen LogP) is 4.78. The first-order valence-electron chi connectivity index (χ1n) is 8.69. The van der Waals surface area contributed by atoms with Crippen LogP contribution in [0.25, 0.3) is 11.6 Å². The van der Waals surface area contributed by atoms with Crippen LogP contribution < -0.4 is 4.80 Å². The normalized spacial score (nSPS) is 14.9. The number of para-hydroxylation sites is 1. The van der Waals surface area contributed by atoms with Gasteiger partial charge in [0.2, 0.25) is 5.88 Å². The summed E-state index contributed by atoms with van der Waals surface area (Å²) in [6.07, 6.45) is 3.73. The fourth-order valence-corrected chi connectivity index (χ4v) is 4.06. The molecule has 3 aromatic rings. The van der Waals surface area contributed by atoms with Gasteiger partial charge in [-0.05, 0) is 43.7 Å². The number of aromatic nitrogens is 1. The number of thiazole rings is 1. The van der Waals surface area contributed by atoms with E-state index in [0.29, 0.717) is 21.9 Å². The van der Waals surface area contributed by atoms with E-state index in [4.69, 9.17) is 0 Å². The molecule has 1 aliphatic heterocycles. The summed E-state index contributed by atoms with van der Waals surface area (Å²) in [6, 6.07) is 13.3. The van der Waals surface area contributed by atoms with E-state index in [-0.39, 0.29) is 11.6 Å². The molecule has 4 rings (SSSR count). The number of aromatic hydroxyl groups is 2. The Morgan fingerprint density at radius 2 is 2.00 bits per heavy atom. The summed E-state index contributed by atoms with van der Waals surface area (Å²) in [5, 5.41) is 20.8. The van der Waals surface area contributed by atoms with Crippen LogP contribution in [-0.4, -0.2) is 21.0 Å². The van der Waals surface area contributed by atoms with Crippen molar-refractivity contribution in [1.29, 1.82) is 0 Å². The fraction of sp³-hybridized carbons (Fsp3) is 0.143. The molecule has 0 unspecified atom stereocenters. The molecule has 2 N–H and O–H groups in total. The second kappa shape index (κ2) is 6.89. The van der Waals surface area contributed by atoms with Gasteiger partial charge < -0.3 is 10.2 Å². The molecule has 0 aliphatic carbocycles. The predicted molar refractivity (Wildman–Crippen MR) is 110 cm³/mol. The Morgan fingerprint density at radius 1 is 1.19 bits per heavy atom. The van der Waals surface area contributed by atoms with Crippen molar-refractivity contribution in [3.8, 4) is 11.6 Å². The quantitative estimate of drug-likeness (QED) is 0.690. The van der Waals surface area contributed by atoms with Crippen molar-refractivity contribution >= 4 is 40.6 Å². The third-order valence-electron chi connectivity index (χ3n) is 4.42. The van der Waals surface area contributed by atoms with Crippen LogP contribution in [0, 0.1) is 6.92 Å². The number of aryl methyl sites for hydroxylation is 1. The zero-order valence-corrected chi connectivity index (χ0v) is 15.9. The van der Waals surface area contributed by atoms with Crippen LogP contribution in [-0.2, 0) is 6.54 Å². The van der Waals surface area contributed by atoms with Crippen molar-refractivity contribution in [2.24, 2.45) is 9.98 Å². The zero-order chi connectivity index (χ0) is 19.0. The molecule has 0 amide bonds. The van der Waals surface area contributed by atoms with E-state index < -0.39 is 0 Å². The Morgan fingerprint density at radius 3 is 2.78 bits per heavy atom. The van der Waals surface area contributed by atoms with E-state index in [2.05, 4.69) is 9.98 Å². The highest BCUT2D eigenvalue weighted by atomic mass is 32.1. The monoisotopic (exact) mass is 377 g/mol. The number of fused-ring (bicyclic) bond motifs is 1. The maximum absolute atomic E-state index is 10.7. The molecule has 0 bridgehead atoms. The minimum Gasteiger partial charge on any atom is -0.506 e. The van der Waals surface area contributed by atoms with Crippen molar-refractivity contribution in [1.82, 2.24) is 4.57 Å². The summed E-state index contributed by atoms with van der Waals surface area (Å²) < 4.78 is 1.73. The van der Waals surface area contributed by atoms with E-state index in [1.54, 1.807) is 16.7 Å². The highest BCUT2D eigenvalue weighted by Gasteiger charge is 2.15. The van der Waals surface area contributed by atoms with Gasteiger partial charge in [-0.1, -0.05) is 35.6 Å². The van der Waals surface area contributed by atoms with Gasteiger partial charge in [-0.25, -0.2) is 4.99 Å². The highest BCUT2D eigenvalue weighted by molar-refractivity contribution is 7.10. The van der Waals surface area contributed by atoms with Crippen molar-refractivity contribution in [3.63, 3.8) is 0 Å². The molecule has 2 heterocycles. The minimum atomic E-state index is 0.127. The molecule has 5 nitrogen and oxygen atoms in total. The summed E-state index contributed by atoms with van der Waals surface area (Å²) in [4.78, 5) is 10.3. The molecule has 0 saturated heterocycles. The third-order valence-corrected chi connectivity index (χ3v) is 5.43. The lowest BCUT2D eigenvalue weighted by Gasteiger charge is -2.02. The van der Waals surface area contributed by atoms with Crippen LogP contribution in [0.2, 0.25) is 0 Å². The number of hydrogen-bond acceptors (Lipinski definition) is 5. The molecule has 0 atom stereocenters.